The molecule has 5 heteroatoms. The lowest BCUT2D eigenvalue weighted by Crippen LogP contribution is -2.33. The average Bonchev–Trinajstić information content (AvgIpc) is 2.29. The minimum atomic E-state index is 0.196. The van der Waals surface area contributed by atoms with E-state index in [2.05, 4.69) is 29.7 Å². The van der Waals surface area contributed by atoms with E-state index in [1.807, 2.05) is 0 Å². The SMILES string of the molecule is C=CCO/C(=N\OC#N)N(CC=C)CC=C. The first-order chi connectivity index (χ1) is 7.79. The summed E-state index contributed by atoms with van der Waals surface area (Å²) in [6.45, 7) is 12.0. The van der Waals surface area contributed by atoms with Gasteiger partial charge in [-0.05, 0) is 5.16 Å². The highest BCUT2D eigenvalue weighted by Gasteiger charge is 2.10. The Kier molecular flexibility index (Phi) is 8.04. The quantitative estimate of drug-likeness (QED) is 0.215. The molecule has 5 nitrogen and oxygen atoms in total. The van der Waals surface area contributed by atoms with Gasteiger partial charge in [0.25, 0.3) is 0 Å². The molecule has 0 aliphatic rings. The first-order valence-corrected chi connectivity index (χ1v) is 4.63. The van der Waals surface area contributed by atoms with Crippen molar-refractivity contribution < 1.29 is 9.57 Å². The molecule has 0 heterocycles. The standard InChI is InChI=1S/C11H15N3O2/c1-4-7-14(8-5-2)11(13-16-10-12)15-9-6-3/h4-6H,1-3,7-9H2/b13-11-. The van der Waals surface area contributed by atoms with Crippen molar-refractivity contribution in [3.8, 4) is 6.26 Å². The topological polar surface area (TPSA) is 57.9 Å². The summed E-state index contributed by atoms with van der Waals surface area (Å²) in [6, 6.07) is 0.196. The number of hydrogen-bond donors (Lipinski definition) is 0. The Balaban J connectivity index is 4.64. The third-order valence-electron chi connectivity index (χ3n) is 1.46. The van der Waals surface area contributed by atoms with Crippen LogP contribution in [0.1, 0.15) is 0 Å². The monoisotopic (exact) mass is 221 g/mol. The zero-order chi connectivity index (χ0) is 12.2. The van der Waals surface area contributed by atoms with Crippen LogP contribution in [-0.4, -0.2) is 30.6 Å². The summed E-state index contributed by atoms with van der Waals surface area (Å²) < 4.78 is 5.25. The van der Waals surface area contributed by atoms with Gasteiger partial charge in [0.15, 0.2) is 0 Å². The number of amidine groups is 1. The molecule has 0 atom stereocenters. The van der Waals surface area contributed by atoms with Crippen LogP contribution in [0.2, 0.25) is 0 Å². The van der Waals surface area contributed by atoms with Crippen LogP contribution in [0.4, 0.5) is 0 Å². The van der Waals surface area contributed by atoms with Crippen LogP contribution in [0.25, 0.3) is 0 Å². The third-order valence-corrected chi connectivity index (χ3v) is 1.46. The first-order valence-electron chi connectivity index (χ1n) is 4.63. The highest BCUT2D eigenvalue weighted by atomic mass is 16.6. The maximum Gasteiger partial charge on any atom is 0.329 e. The second-order valence-corrected chi connectivity index (χ2v) is 2.64. The summed E-state index contributed by atoms with van der Waals surface area (Å²) >= 11 is 0. The molecule has 0 aromatic heterocycles. The average molecular weight is 221 g/mol. The molecule has 0 fully saturated rings. The second-order valence-electron chi connectivity index (χ2n) is 2.64. The van der Waals surface area contributed by atoms with E-state index in [-0.39, 0.29) is 12.6 Å². The highest BCUT2D eigenvalue weighted by molar-refractivity contribution is 5.73. The van der Waals surface area contributed by atoms with Gasteiger partial charge >= 0.3 is 12.3 Å². The van der Waals surface area contributed by atoms with Gasteiger partial charge in [-0.15, -0.1) is 18.4 Å². The van der Waals surface area contributed by atoms with E-state index in [0.29, 0.717) is 13.1 Å². The van der Waals surface area contributed by atoms with Crippen LogP contribution in [0, 0.1) is 11.5 Å². The molecule has 0 bridgehead atoms. The molecule has 0 saturated heterocycles. The molecule has 16 heavy (non-hydrogen) atoms. The van der Waals surface area contributed by atoms with Gasteiger partial charge in [-0.3, -0.25) is 4.84 Å². The van der Waals surface area contributed by atoms with Crippen molar-refractivity contribution in [3.05, 3.63) is 38.0 Å². The molecular weight excluding hydrogens is 206 g/mol. The molecule has 0 spiro atoms. The summed E-state index contributed by atoms with van der Waals surface area (Å²) in [5, 5.41) is 11.8. The van der Waals surface area contributed by atoms with Gasteiger partial charge in [0, 0.05) is 13.1 Å². The molecule has 0 rings (SSSR count). The lowest BCUT2D eigenvalue weighted by atomic mass is 10.5. The van der Waals surface area contributed by atoms with Crippen LogP contribution in [0.15, 0.2) is 43.1 Å². The van der Waals surface area contributed by atoms with Crippen LogP contribution in [-0.2, 0) is 9.57 Å². The number of rotatable bonds is 7. The predicted octanol–water partition coefficient (Wildman–Crippen LogP) is 1.63. The predicted molar refractivity (Wildman–Crippen MR) is 62.2 cm³/mol. The largest absolute Gasteiger partial charge is 0.459 e. The summed E-state index contributed by atoms with van der Waals surface area (Å²) in [4.78, 5) is 6.00. The Morgan fingerprint density at radius 1 is 1.25 bits per heavy atom. The maximum atomic E-state index is 8.27. The molecule has 86 valence electrons. The Hall–Kier alpha value is -2.22. The fourth-order valence-corrected chi connectivity index (χ4v) is 0.911. The highest BCUT2D eigenvalue weighted by Crippen LogP contribution is 1.97. The molecular formula is C11H15N3O2. The van der Waals surface area contributed by atoms with E-state index in [0.717, 1.165) is 0 Å². The minimum Gasteiger partial charge on any atom is -0.459 e. The van der Waals surface area contributed by atoms with Crippen molar-refractivity contribution in [3.63, 3.8) is 0 Å². The first kappa shape index (κ1) is 13.8. The van der Waals surface area contributed by atoms with E-state index in [1.54, 1.807) is 23.1 Å². The molecule has 0 aliphatic carbocycles. The fourth-order valence-electron chi connectivity index (χ4n) is 0.911. The Bertz CT molecular complexity index is 295. The van der Waals surface area contributed by atoms with E-state index < -0.39 is 0 Å². The summed E-state index contributed by atoms with van der Waals surface area (Å²) in [6.07, 6.45) is 6.38. The molecule has 0 aromatic rings. The maximum absolute atomic E-state index is 8.27. The molecule has 0 aromatic carbocycles. The Morgan fingerprint density at radius 3 is 2.31 bits per heavy atom. The van der Waals surface area contributed by atoms with Crippen molar-refractivity contribution in [2.45, 2.75) is 0 Å². The number of oxime groups is 1. The Morgan fingerprint density at radius 2 is 1.88 bits per heavy atom. The number of hydrogen-bond acceptors (Lipinski definition) is 4. The van der Waals surface area contributed by atoms with Crippen molar-refractivity contribution >= 4 is 6.02 Å². The zero-order valence-corrected chi connectivity index (χ0v) is 9.13. The number of ether oxygens (including phenoxy) is 1. The van der Waals surface area contributed by atoms with Gasteiger partial charge in [-0.1, -0.05) is 24.8 Å². The molecule has 0 saturated carbocycles. The molecule has 0 unspecified atom stereocenters. The normalized spacial score (nSPS) is 9.81. The zero-order valence-electron chi connectivity index (χ0n) is 9.13. The van der Waals surface area contributed by atoms with Crippen molar-refractivity contribution in [1.29, 1.82) is 5.26 Å². The van der Waals surface area contributed by atoms with Crippen molar-refractivity contribution in [1.82, 2.24) is 4.90 Å². The van der Waals surface area contributed by atoms with Crippen LogP contribution >= 0.6 is 0 Å². The molecule has 0 aliphatic heterocycles. The van der Waals surface area contributed by atoms with Crippen LogP contribution in [0.3, 0.4) is 0 Å². The third kappa shape index (κ3) is 5.50. The van der Waals surface area contributed by atoms with Gasteiger partial charge in [0.2, 0.25) is 0 Å². The number of nitrogens with zero attached hydrogens (tertiary/aromatic N) is 3. The lowest BCUT2D eigenvalue weighted by Gasteiger charge is -2.21. The Labute approximate surface area is 95.5 Å². The molecule has 0 N–H and O–H groups in total. The van der Waals surface area contributed by atoms with Gasteiger partial charge in [-0.2, -0.15) is 0 Å². The smallest absolute Gasteiger partial charge is 0.329 e. The van der Waals surface area contributed by atoms with E-state index in [4.69, 9.17) is 10.00 Å². The van der Waals surface area contributed by atoms with E-state index in [9.17, 15) is 0 Å². The van der Waals surface area contributed by atoms with Gasteiger partial charge in [0.05, 0.1) is 0 Å². The van der Waals surface area contributed by atoms with Gasteiger partial charge < -0.3 is 9.64 Å². The van der Waals surface area contributed by atoms with Crippen LogP contribution < -0.4 is 0 Å². The molecule has 0 amide bonds. The molecule has 0 radical (unpaired) electrons. The van der Waals surface area contributed by atoms with E-state index >= 15 is 0 Å². The van der Waals surface area contributed by atoms with Crippen LogP contribution in [0.5, 0.6) is 0 Å². The number of nitriles is 1. The minimum absolute atomic E-state index is 0.196. The summed E-state index contributed by atoms with van der Waals surface area (Å²) in [7, 11) is 0. The summed E-state index contributed by atoms with van der Waals surface area (Å²) in [5.74, 6) is 0. The second kappa shape index (κ2) is 9.34. The van der Waals surface area contributed by atoms with Crippen molar-refractivity contribution in [2.24, 2.45) is 5.16 Å². The van der Waals surface area contributed by atoms with Gasteiger partial charge in [-0.25, -0.2) is 0 Å². The van der Waals surface area contributed by atoms with Crippen molar-refractivity contribution in [2.75, 3.05) is 19.7 Å². The summed E-state index contributed by atoms with van der Waals surface area (Å²) in [5.41, 5.74) is 0. The fraction of sp³-hybridized carbons (Fsp3) is 0.273. The van der Waals surface area contributed by atoms with Gasteiger partial charge in [0.1, 0.15) is 6.61 Å². The lowest BCUT2D eigenvalue weighted by molar-refractivity contribution is 0.216. The van der Waals surface area contributed by atoms with E-state index in [1.165, 1.54) is 6.26 Å².